The molecule has 2 fully saturated rings. The quantitative estimate of drug-likeness (QED) is 0.550. The van der Waals surface area contributed by atoms with Crippen molar-refractivity contribution in [2.75, 3.05) is 23.3 Å². The van der Waals surface area contributed by atoms with Crippen LogP contribution in [0.25, 0.3) is 10.9 Å². The van der Waals surface area contributed by atoms with Crippen molar-refractivity contribution in [1.29, 1.82) is 0 Å². The van der Waals surface area contributed by atoms with Crippen LogP contribution in [0.2, 0.25) is 0 Å². The third-order valence-corrected chi connectivity index (χ3v) is 7.89. The molecule has 5 nitrogen and oxygen atoms in total. The van der Waals surface area contributed by atoms with Gasteiger partial charge in [0.25, 0.3) is 5.91 Å². The predicted molar refractivity (Wildman–Crippen MR) is 134 cm³/mol. The average molecular weight is 442 g/mol. The molecule has 3 aliphatic rings. The highest BCUT2D eigenvalue weighted by molar-refractivity contribution is 6.07. The van der Waals surface area contributed by atoms with Crippen LogP contribution in [-0.4, -0.2) is 34.5 Å². The molecule has 1 aromatic heterocycles. The van der Waals surface area contributed by atoms with Crippen LogP contribution in [0.4, 0.5) is 11.4 Å². The Kier molecular flexibility index (Phi) is 5.49. The molecule has 3 heterocycles. The summed E-state index contributed by atoms with van der Waals surface area (Å²) < 4.78 is 2.35. The van der Waals surface area contributed by atoms with E-state index in [-0.39, 0.29) is 5.91 Å². The Balaban J connectivity index is 1.17. The van der Waals surface area contributed by atoms with Crippen molar-refractivity contribution in [3.05, 3.63) is 67.0 Å². The number of hydrogen-bond donors (Lipinski definition) is 1. The number of benzene rings is 2. The first kappa shape index (κ1) is 20.6. The topological polar surface area (TPSA) is 40.5 Å². The Morgan fingerprint density at radius 3 is 2.52 bits per heavy atom. The Morgan fingerprint density at radius 1 is 0.909 bits per heavy atom. The van der Waals surface area contributed by atoms with Crippen LogP contribution >= 0.6 is 0 Å². The number of fused-ring (bicyclic) bond motifs is 2. The summed E-state index contributed by atoms with van der Waals surface area (Å²) in [5.74, 6) is 0.928. The summed E-state index contributed by atoms with van der Waals surface area (Å²) in [4.78, 5) is 18.0. The third-order valence-electron chi connectivity index (χ3n) is 7.89. The van der Waals surface area contributed by atoms with Crippen molar-refractivity contribution < 1.29 is 4.79 Å². The molecule has 0 unspecified atom stereocenters. The van der Waals surface area contributed by atoms with Crippen LogP contribution < -0.4 is 10.2 Å². The lowest BCUT2D eigenvalue weighted by Crippen LogP contribution is -2.45. The minimum atomic E-state index is 0.191. The van der Waals surface area contributed by atoms with E-state index in [0.29, 0.717) is 6.04 Å². The van der Waals surface area contributed by atoms with E-state index < -0.39 is 0 Å². The molecule has 1 radical (unpaired) electrons. The normalized spacial score (nSPS) is 19.6. The molecule has 0 spiro atoms. The van der Waals surface area contributed by atoms with E-state index in [9.17, 15) is 4.79 Å². The summed E-state index contributed by atoms with van der Waals surface area (Å²) in [6, 6.07) is 17.3. The first-order valence-electron chi connectivity index (χ1n) is 12.6. The first-order chi connectivity index (χ1) is 16.3. The van der Waals surface area contributed by atoms with Crippen molar-refractivity contribution in [3.8, 4) is 0 Å². The molecular weight excluding hydrogens is 408 g/mol. The lowest BCUT2D eigenvalue weighted by atomic mass is 9.89. The lowest BCUT2D eigenvalue weighted by molar-refractivity contribution is 0.0715. The number of para-hydroxylation sites is 3. The molecule has 171 valence electrons. The maximum absolute atomic E-state index is 13.6. The van der Waals surface area contributed by atoms with Gasteiger partial charge in [-0.15, -0.1) is 0 Å². The summed E-state index contributed by atoms with van der Waals surface area (Å²) in [6.45, 7) is 4.73. The molecule has 1 saturated heterocycles. The van der Waals surface area contributed by atoms with Gasteiger partial charge < -0.3 is 19.7 Å². The van der Waals surface area contributed by atoms with Crippen molar-refractivity contribution >= 4 is 28.2 Å². The summed E-state index contributed by atoms with van der Waals surface area (Å²) in [6.07, 6.45) is 10.8. The van der Waals surface area contributed by atoms with Crippen LogP contribution in [-0.2, 0) is 6.54 Å². The number of aromatic nitrogens is 1. The number of piperidine rings is 1. The highest BCUT2D eigenvalue weighted by atomic mass is 16.2. The molecule has 1 amide bonds. The van der Waals surface area contributed by atoms with E-state index in [4.69, 9.17) is 0 Å². The zero-order valence-corrected chi connectivity index (χ0v) is 19.2. The van der Waals surface area contributed by atoms with Crippen LogP contribution in [0.5, 0.6) is 0 Å². The fourth-order valence-electron chi connectivity index (χ4n) is 6.07. The van der Waals surface area contributed by atoms with Gasteiger partial charge in [0.15, 0.2) is 0 Å². The van der Waals surface area contributed by atoms with Gasteiger partial charge in [0, 0.05) is 42.8 Å². The van der Waals surface area contributed by atoms with Gasteiger partial charge in [0.2, 0.25) is 0 Å². The van der Waals surface area contributed by atoms with Crippen LogP contribution in [0.15, 0.2) is 54.7 Å². The number of nitrogens with one attached hydrogen (secondary N) is 1. The Morgan fingerprint density at radius 2 is 1.67 bits per heavy atom. The number of rotatable bonds is 4. The standard InChI is InChI=1S/C28H33N4O/c33-28(30-16-14-22(15-17-30)32-20-29-25-11-5-7-13-27(25)32)24-19-31(18-21-8-2-1-3-9-21)26-12-6-4-10-23(24)26/h4-7,10-13,19-22,29H,1-3,8-9,14-18H2. The molecule has 6 rings (SSSR count). The number of anilines is 2. The summed E-state index contributed by atoms with van der Waals surface area (Å²) >= 11 is 0. The van der Waals surface area contributed by atoms with Gasteiger partial charge in [-0.05, 0) is 49.8 Å². The molecule has 0 bridgehead atoms. The van der Waals surface area contributed by atoms with Gasteiger partial charge >= 0.3 is 0 Å². The first-order valence-corrected chi connectivity index (χ1v) is 12.6. The molecule has 1 aliphatic carbocycles. The van der Waals surface area contributed by atoms with Gasteiger partial charge in [-0.1, -0.05) is 49.6 Å². The second-order valence-corrected chi connectivity index (χ2v) is 9.94. The van der Waals surface area contributed by atoms with E-state index in [1.807, 2.05) is 0 Å². The zero-order valence-electron chi connectivity index (χ0n) is 19.2. The number of amides is 1. The van der Waals surface area contributed by atoms with E-state index >= 15 is 0 Å². The molecule has 0 atom stereocenters. The number of hydrogen-bond acceptors (Lipinski definition) is 3. The molecule has 2 aromatic carbocycles. The molecule has 1 saturated carbocycles. The van der Waals surface area contributed by atoms with Crippen molar-refractivity contribution in [1.82, 2.24) is 9.47 Å². The van der Waals surface area contributed by atoms with E-state index in [2.05, 4.69) is 81.1 Å². The van der Waals surface area contributed by atoms with Gasteiger partial charge in [0.05, 0.1) is 16.9 Å². The van der Waals surface area contributed by atoms with Crippen molar-refractivity contribution in [3.63, 3.8) is 0 Å². The zero-order chi connectivity index (χ0) is 22.2. The Bertz CT molecular complexity index is 1140. The second-order valence-electron chi connectivity index (χ2n) is 9.94. The van der Waals surface area contributed by atoms with E-state index in [1.54, 1.807) is 0 Å². The minimum Gasteiger partial charge on any atom is -0.360 e. The Labute approximate surface area is 196 Å². The van der Waals surface area contributed by atoms with Gasteiger partial charge in [0.1, 0.15) is 6.67 Å². The maximum Gasteiger partial charge on any atom is 0.256 e. The number of likely N-dealkylation sites (tertiary alicyclic amines) is 1. The SMILES string of the molecule is O=C(c1cn(CC2CCCCC2)c2ccccc12)N1CCC(N2[CH]Nc3ccccc32)CC1. The van der Waals surface area contributed by atoms with Crippen molar-refractivity contribution in [2.24, 2.45) is 5.92 Å². The predicted octanol–water partition coefficient (Wildman–Crippen LogP) is 5.88. The van der Waals surface area contributed by atoms with E-state index in [1.165, 1.54) is 49.0 Å². The van der Waals surface area contributed by atoms with Crippen LogP contribution in [0, 0.1) is 12.6 Å². The molecule has 1 N–H and O–H groups in total. The second kappa shape index (κ2) is 8.77. The minimum absolute atomic E-state index is 0.191. The molecular formula is C28H33N4O. The van der Waals surface area contributed by atoms with Gasteiger partial charge in [-0.3, -0.25) is 4.79 Å². The lowest BCUT2D eigenvalue weighted by Gasteiger charge is -2.37. The van der Waals surface area contributed by atoms with Crippen molar-refractivity contribution in [2.45, 2.75) is 57.5 Å². The average Bonchev–Trinajstić information content (AvgIpc) is 3.47. The largest absolute Gasteiger partial charge is 0.360 e. The number of carbonyl (C=O) groups excluding carboxylic acids is 1. The molecule has 3 aromatic rings. The van der Waals surface area contributed by atoms with Gasteiger partial charge in [-0.2, -0.15) is 0 Å². The maximum atomic E-state index is 13.6. The van der Waals surface area contributed by atoms with Crippen LogP contribution in [0.3, 0.4) is 0 Å². The number of carbonyl (C=O) groups is 1. The number of nitrogens with zero attached hydrogens (tertiary/aromatic N) is 3. The van der Waals surface area contributed by atoms with Gasteiger partial charge in [-0.25, -0.2) is 0 Å². The van der Waals surface area contributed by atoms with Crippen LogP contribution in [0.1, 0.15) is 55.3 Å². The highest BCUT2D eigenvalue weighted by Crippen LogP contribution is 2.37. The smallest absolute Gasteiger partial charge is 0.256 e. The fraction of sp³-hybridized carbons (Fsp3) is 0.429. The summed E-state index contributed by atoms with van der Waals surface area (Å²) in [5.41, 5.74) is 4.49. The molecule has 5 heteroatoms. The van der Waals surface area contributed by atoms with E-state index in [0.717, 1.165) is 49.3 Å². The molecule has 2 aliphatic heterocycles. The third kappa shape index (κ3) is 3.88. The summed E-state index contributed by atoms with van der Waals surface area (Å²) in [5, 5.41) is 4.48. The Hall–Kier alpha value is -2.95. The highest BCUT2D eigenvalue weighted by Gasteiger charge is 2.32. The molecule has 33 heavy (non-hydrogen) atoms. The monoisotopic (exact) mass is 441 g/mol. The fourth-order valence-corrected chi connectivity index (χ4v) is 6.07. The summed E-state index contributed by atoms with van der Waals surface area (Å²) in [7, 11) is 0.